The van der Waals surface area contributed by atoms with Crippen molar-refractivity contribution in [1.82, 2.24) is 0 Å². The smallest absolute Gasteiger partial charge is 0.114 e. The fourth-order valence-corrected chi connectivity index (χ4v) is 2.12. The molecule has 2 fully saturated rings. The van der Waals surface area contributed by atoms with Crippen molar-refractivity contribution in [3.05, 3.63) is 35.4 Å². The Hall–Kier alpha value is -0.820. The standard InChI is InChI=1S/C13H16O/c1-13(9-14-13)12-7-5-11(6-8-12)10-3-2-4-10/h5-8,10H,2-4,9H2,1H3. The van der Waals surface area contributed by atoms with Crippen molar-refractivity contribution in [2.24, 2.45) is 0 Å². The Morgan fingerprint density at radius 2 is 1.86 bits per heavy atom. The van der Waals surface area contributed by atoms with E-state index in [2.05, 4.69) is 31.2 Å². The Morgan fingerprint density at radius 3 is 2.29 bits per heavy atom. The van der Waals surface area contributed by atoms with E-state index in [4.69, 9.17) is 4.74 Å². The molecular formula is C13H16O. The molecule has 1 saturated carbocycles. The molecule has 2 aliphatic rings. The van der Waals surface area contributed by atoms with Gasteiger partial charge in [-0.25, -0.2) is 0 Å². The molecule has 1 heterocycles. The molecule has 14 heavy (non-hydrogen) atoms. The first-order valence-corrected chi connectivity index (χ1v) is 5.52. The molecule has 1 aromatic carbocycles. The summed E-state index contributed by atoms with van der Waals surface area (Å²) in [6.07, 6.45) is 4.17. The maximum atomic E-state index is 5.42. The van der Waals surface area contributed by atoms with Gasteiger partial charge in [-0.15, -0.1) is 0 Å². The first-order valence-electron chi connectivity index (χ1n) is 5.52. The number of rotatable bonds is 2. The highest BCUT2D eigenvalue weighted by Gasteiger charge is 2.40. The minimum absolute atomic E-state index is 0.0398. The molecule has 1 atom stereocenters. The van der Waals surface area contributed by atoms with Crippen LogP contribution in [0.2, 0.25) is 0 Å². The van der Waals surface area contributed by atoms with Crippen LogP contribution in [0, 0.1) is 0 Å². The van der Waals surface area contributed by atoms with Crippen LogP contribution in [-0.4, -0.2) is 6.61 Å². The van der Waals surface area contributed by atoms with Crippen LogP contribution in [0.1, 0.15) is 43.2 Å². The van der Waals surface area contributed by atoms with Crippen LogP contribution < -0.4 is 0 Å². The molecule has 1 saturated heterocycles. The van der Waals surface area contributed by atoms with Crippen molar-refractivity contribution >= 4 is 0 Å². The van der Waals surface area contributed by atoms with E-state index in [-0.39, 0.29) is 5.60 Å². The molecule has 1 aliphatic heterocycles. The Labute approximate surface area is 85.1 Å². The summed E-state index contributed by atoms with van der Waals surface area (Å²) in [5.74, 6) is 0.844. The predicted octanol–water partition coefficient (Wildman–Crippen LogP) is 3.20. The number of hydrogen-bond acceptors (Lipinski definition) is 1. The molecule has 1 aliphatic carbocycles. The Balaban J connectivity index is 1.83. The normalized spacial score (nSPS) is 31.2. The van der Waals surface area contributed by atoms with Crippen LogP contribution >= 0.6 is 0 Å². The first kappa shape index (κ1) is 8.49. The van der Waals surface area contributed by atoms with Crippen molar-refractivity contribution in [3.63, 3.8) is 0 Å². The second kappa shape index (κ2) is 2.83. The fraction of sp³-hybridized carbons (Fsp3) is 0.538. The molecule has 0 aromatic heterocycles. The quantitative estimate of drug-likeness (QED) is 0.649. The van der Waals surface area contributed by atoms with Gasteiger partial charge in [0.05, 0.1) is 6.61 Å². The zero-order chi connectivity index (χ0) is 9.60. The summed E-state index contributed by atoms with van der Waals surface area (Å²) in [4.78, 5) is 0. The maximum absolute atomic E-state index is 5.42. The lowest BCUT2D eigenvalue weighted by Gasteiger charge is -2.26. The predicted molar refractivity (Wildman–Crippen MR) is 56.3 cm³/mol. The SMILES string of the molecule is CC1(c2ccc(C3CCC3)cc2)CO1. The van der Waals surface area contributed by atoms with Crippen molar-refractivity contribution < 1.29 is 4.74 Å². The van der Waals surface area contributed by atoms with Crippen LogP contribution in [0.25, 0.3) is 0 Å². The van der Waals surface area contributed by atoms with Crippen molar-refractivity contribution in [2.75, 3.05) is 6.61 Å². The topological polar surface area (TPSA) is 12.5 Å². The van der Waals surface area contributed by atoms with Gasteiger partial charge in [0.2, 0.25) is 0 Å². The third kappa shape index (κ3) is 1.27. The number of ether oxygens (including phenoxy) is 1. The monoisotopic (exact) mass is 188 g/mol. The molecule has 3 rings (SSSR count). The van der Waals surface area contributed by atoms with Crippen molar-refractivity contribution in [1.29, 1.82) is 0 Å². The molecule has 1 unspecified atom stereocenters. The van der Waals surface area contributed by atoms with Gasteiger partial charge in [-0.05, 0) is 36.8 Å². The average Bonchev–Trinajstić information content (AvgIpc) is 2.83. The number of epoxide rings is 1. The Bertz CT molecular complexity index is 331. The van der Waals surface area contributed by atoms with Crippen LogP contribution in [0.4, 0.5) is 0 Å². The molecule has 74 valence electrons. The van der Waals surface area contributed by atoms with E-state index in [1.165, 1.54) is 30.4 Å². The van der Waals surface area contributed by atoms with Crippen molar-refractivity contribution in [2.45, 2.75) is 37.7 Å². The maximum Gasteiger partial charge on any atom is 0.114 e. The van der Waals surface area contributed by atoms with E-state index in [1.807, 2.05) is 0 Å². The summed E-state index contributed by atoms with van der Waals surface area (Å²) in [5.41, 5.74) is 2.89. The second-order valence-corrected chi connectivity index (χ2v) is 4.77. The van der Waals surface area contributed by atoms with Gasteiger partial charge >= 0.3 is 0 Å². The number of benzene rings is 1. The van der Waals surface area contributed by atoms with Gasteiger partial charge < -0.3 is 4.74 Å². The summed E-state index contributed by atoms with van der Waals surface area (Å²) >= 11 is 0. The third-order valence-electron chi connectivity index (χ3n) is 3.68. The van der Waals surface area contributed by atoms with Gasteiger partial charge in [0.25, 0.3) is 0 Å². The molecule has 0 radical (unpaired) electrons. The average molecular weight is 188 g/mol. The van der Waals surface area contributed by atoms with Crippen LogP contribution in [0.3, 0.4) is 0 Å². The molecule has 1 aromatic rings. The van der Waals surface area contributed by atoms with Crippen molar-refractivity contribution in [3.8, 4) is 0 Å². The highest BCUT2D eigenvalue weighted by molar-refractivity contribution is 5.31. The van der Waals surface area contributed by atoms with E-state index in [1.54, 1.807) is 0 Å². The van der Waals surface area contributed by atoms with Gasteiger partial charge in [-0.3, -0.25) is 0 Å². The van der Waals surface area contributed by atoms with Gasteiger partial charge in [-0.2, -0.15) is 0 Å². The van der Waals surface area contributed by atoms with Gasteiger partial charge in [0.1, 0.15) is 5.60 Å². The minimum atomic E-state index is 0.0398. The lowest BCUT2D eigenvalue weighted by Crippen LogP contribution is -2.09. The molecular weight excluding hydrogens is 172 g/mol. The van der Waals surface area contributed by atoms with E-state index in [0.29, 0.717) is 0 Å². The number of hydrogen-bond donors (Lipinski definition) is 0. The Kier molecular flexibility index (Phi) is 1.72. The minimum Gasteiger partial charge on any atom is -0.365 e. The van der Waals surface area contributed by atoms with E-state index >= 15 is 0 Å². The van der Waals surface area contributed by atoms with Crippen LogP contribution in [-0.2, 0) is 10.3 Å². The van der Waals surface area contributed by atoms with E-state index < -0.39 is 0 Å². The van der Waals surface area contributed by atoms with Gasteiger partial charge in [0.15, 0.2) is 0 Å². The highest BCUT2D eigenvalue weighted by atomic mass is 16.6. The summed E-state index contributed by atoms with van der Waals surface area (Å²) in [5, 5.41) is 0. The molecule has 0 bridgehead atoms. The molecule has 0 spiro atoms. The summed E-state index contributed by atoms with van der Waals surface area (Å²) in [6, 6.07) is 9.04. The molecule has 1 heteroatoms. The third-order valence-corrected chi connectivity index (χ3v) is 3.68. The lowest BCUT2D eigenvalue weighted by molar-refractivity contribution is 0.329. The summed E-state index contributed by atoms with van der Waals surface area (Å²) in [7, 11) is 0. The summed E-state index contributed by atoms with van der Waals surface area (Å²) in [6.45, 7) is 3.04. The lowest BCUT2D eigenvalue weighted by atomic mass is 9.79. The molecule has 0 amide bonds. The largest absolute Gasteiger partial charge is 0.365 e. The highest BCUT2D eigenvalue weighted by Crippen LogP contribution is 2.40. The summed E-state index contributed by atoms with van der Waals surface area (Å²) < 4.78 is 5.42. The van der Waals surface area contributed by atoms with Gasteiger partial charge in [-0.1, -0.05) is 30.7 Å². The van der Waals surface area contributed by atoms with Crippen LogP contribution in [0.5, 0.6) is 0 Å². The zero-order valence-electron chi connectivity index (χ0n) is 8.62. The fourth-order valence-electron chi connectivity index (χ4n) is 2.12. The second-order valence-electron chi connectivity index (χ2n) is 4.77. The van der Waals surface area contributed by atoms with E-state index in [0.717, 1.165) is 12.5 Å². The zero-order valence-corrected chi connectivity index (χ0v) is 8.62. The van der Waals surface area contributed by atoms with Crippen LogP contribution in [0.15, 0.2) is 24.3 Å². The molecule has 1 nitrogen and oxygen atoms in total. The van der Waals surface area contributed by atoms with Gasteiger partial charge in [0, 0.05) is 0 Å². The Morgan fingerprint density at radius 1 is 1.21 bits per heavy atom. The first-order chi connectivity index (χ1) is 6.78. The molecule has 0 N–H and O–H groups in total. The van der Waals surface area contributed by atoms with E-state index in [9.17, 15) is 0 Å².